The summed E-state index contributed by atoms with van der Waals surface area (Å²) in [5.74, 6) is -0.418. The van der Waals surface area contributed by atoms with E-state index in [2.05, 4.69) is 0 Å². The summed E-state index contributed by atoms with van der Waals surface area (Å²) in [6.07, 6.45) is 3.91. The Morgan fingerprint density at radius 1 is 1.14 bits per heavy atom. The molecule has 0 nitrogen and oxygen atoms in total. The van der Waals surface area contributed by atoms with E-state index in [4.69, 9.17) is 0 Å². The summed E-state index contributed by atoms with van der Waals surface area (Å²) in [5, 5.41) is 0. The average Bonchev–Trinajstić information content (AvgIpc) is 2.19. The maximum Gasteiger partial charge on any atom is 0.160 e. The van der Waals surface area contributed by atoms with Crippen LogP contribution >= 0.6 is 0 Å². The summed E-state index contributed by atoms with van der Waals surface area (Å²) in [4.78, 5) is 0. The fourth-order valence-corrected chi connectivity index (χ4v) is 1.58. The van der Waals surface area contributed by atoms with Crippen LogP contribution in [0.2, 0.25) is 0 Å². The van der Waals surface area contributed by atoms with Crippen molar-refractivity contribution in [1.82, 2.24) is 0 Å². The van der Waals surface area contributed by atoms with Gasteiger partial charge in [0.05, 0.1) is 0 Å². The lowest BCUT2D eigenvalue weighted by Gasteiger charge is -2.23. The van der Waals surface area contributed by atoms with Gasteiger partial charge in [-0.05, 0) is 17.7 Å². The third kappa shape index (κ3) is 1.60. The first-order valence-corrected chi connectivity index (χ1v) is 4.49. The molecule has 1 aliphatic rings. The van der Waals surface area contributed by atoms with Crippen LogP contribution in [-0.2, 0) is 5.67 Å². The molecule has 1 atom stereocenters. The van der Waals surface area contributed by atoms with Crippen LogP contribution in [0.1, 0.15) is 12.0 Å². The van der Waals surface area contributed by atoms with E-state index >= 15 is 0 Å². The van der Waals surface area contributed by atoms with E-state index in [0.29, 0.717) is 5.56 Å². The first kappa shape index (κ1) is 9.13. The molecule has 0 spiro atoms. The van der Waals surface area contributed by atoms with Gasteiger partial charge in [0.15, 0.2) is 5.67 Å². The first-order valence-electron chi connectivity index (χ1n) is 4.49. The Morgan fingerprint density at radius 3 is 2.50 bits per heavy atom. The minimum Gasteiger partial charge on any atom is -0.234 e. The number of allylic oxidation sites excluding steroid dienone is 4. The number of alkyl halides is 1. The van der Waals surface area contributed by atoms with Crippen molar-refractivity contribution in [3.05, 3.63) is 60.0 Å². The molecule has 0 aromatic heterocycles. The van der Waals surface area contributed by atoms with E-state index in [1.165, 1.54) is 18.2 Å². The number of hydrogen-bond acceptors (Lipinski definition) is 0. The van der Waals surface area contributed by atoms with E-state index in [1.807, 2.05) is 6.07 Å². The summed E-state index contributed by atoms with van der Waals surface area (Å²) in [6, 6.07) is 8.65. The number of rotatable bonds is 1. The topological polar surface area (TPSA) is 0 Å². The van der Waals surface area contributed by atoms with Crippen molar-refractivity contribution in [3.63, 3.8) is 0 Å². The minimum absolute atomic E-state index is 0.201. The van der Waals surface area contributed by atoms with Crippen LogP contribution in [0.3, 0.4) is 0 Å². The van der Waals surface area contributed by atoms with Crippen molar-refractivity contribution in [1.29, 1.82) is 0 Å². The van der Waals surface area contributed by atoms with Crippen LogP contribution in [-0.4, -0.2) is 0 Å². The molecule has 0 saturated carbocycles. The molecule has 1 aromatic carbocycles. The van der Waals surface area contributed by atoms with Gasteiger partial charge in [-0.15, -0.1) is 0 Å². The zero-order valence-corrected chi connectivity index (χ0v) is 7.58. The Hall–Kier alpha value is -1.44. The zero-order chi connectivity index (χ0) is 10.0. The first-order chi connectivity index (χ1) is 6.71. The van der Waals surface area contributed by atoms with Gasteiger partial charge in [0.2, 0.25) is 0 Å². The molecule has 0 amide bonds. The van der Waals surface area contributed by atoms with Crippen molar-refractivity contribution in [3.8, 4) is 0 Å². The molecule has 72 valence electrons. The lowest BCUT2D eigenvalue weighted by molar-refractivity contribution is 0.217. The Kier molecular flexibility index (Phi) is 2.20. The lowest BCUT2D eigenvalue weighted by Crippen LogP contribution is -2.18. The molecule has 0 aliphatic heterocycles. The van der Waals surface area contributed by atoms with Gasteiger partial charge < -0.3 is 0 Å². The summed E-state index contributed by atoms with van der Waals surface area (Å²) >= 11 is 0. The fraction of sp³-hybridized carbons (Fsp3) is 0.167. The molecule has 0 N–H and O–H groups in total. The standard InChI is InChI=1S/C12H10F2/c13-11-7-4-8-12(14,9-11)10-5-2-1-3-6-10/h1-8H,9H2. The molecule has 0 saturated heterocycles. The smallest absolute Gasteiger partial charge is 0.160 e. The van der Waals surface area contributed by atoms with Gasteiger partial charge in [0, 0.05) is 6.42 Å². The predicted molar refractivity (Wildman–Crippen MR) is 52.2 cm³/mol. The Labute approximate surface area is 81.6 Å². The van der Waals surface area contributed by atoms with Gasteiger partial charge in [-0.1, -0.05) is 36.4 Å². The molecule has 0 fully saturated rings. The van der Waals surface area contributed by atoms with Crippen LogP contribution < -0.4 is 0 Å². The van der Waals surface area contributed by atoms with Crippen LogP contribution in [0, 0.1) is 0 Å². The second-order valence-corrected chi connectivity index (χ2v) is 3.38. The molecule has 0 radical (unpaired) electrons. The monoisotopic (exact) mass is 192 g/mol. The third-order valence-electron chi connectivity index (χ3n) is 2.32. The summed E-state index contributed by atoms with van der Waals surface area (Å²) in [7, 11) is 0. The highest BCUT2D eigenvalue weighted by Gasteiger charge is 2.31. The second-order valence-electron chi connectivity index (χ2n) is 3.38. The maximum absolute atomic E-state index is 14.2. The molecule has 2 heteroatoms. The molecule has 1 aliphatic carbocycles. The summed E-state index contributed by atoms with van der Waals surface area (Å²) < 4.78 is 27.1. The van der Waals surface area contributed by atoms with Gasteiger partial charge in [0.1, 0.15) is 5.83 Å². The maximum atomic E-state index is 14.2. The molecule has 1 unspecified atom stereocenters. The van der Waals surface area contributed by atoms with Crippen LogP contribution in [0.15, 0.2) is 54.4 Å². The Balaban J connectivity index is 2.35. The summed E-state index contributed by atoms with van der Waals surface area (Å²) in [5.41, 5.74) is -1.18. The van der Waals surface area contributed by atoms with E-state index < -0.39 is 11.5 Å². The van der Waals surface area contributed by atoms with Crippen molar-refractivity contribution in [2.75, 3.05) is 0 Å². The van der Waals surface area contributed by atoms with Gasteiger partial charge in [-0.2, -0.15) is 0 Å². The quantitative estimate of drug-likeness (QED) is 0.637. The number of benzene rings is 1. The van der Waals surface area contributed by atoms with Crippen LogP contribution in [0.5, 0.6) is 0 Å². The molecular formula is C12H10F2. The molecule has 1 aromatic rings. The number of halogens is 2. The molecule has 2 rings (SSSR count). The lowest BCUT2D eigenvalue weighted by atomic mass is 9.89. The Bertz CT molecular complexity index is 379. The summed E-state index contributed by atoms with van der Waals surface area (Å²) in [6.45, 7) is 0. The SMILES string of the molecule is FC1=CC=CC(F)(c2ccccc2)C1. The predicted octanol–water partition coefficient (Wildman–Crippen LogP) is 3.66. The van der Waals surface area contributed by atoms with Gasteiger partial charge in [-0.3, -0.25) is 0 Å². The van der Waals surface area contributed by atoms with Gasteiger partial charge in [0.25, 0.3) is 0 Å². The second kappa shape index (κ2) is 3.37. The van der Waals surface area contributed by atoms with Gasteiger partial charge >= 0.3 is 0 Å². The molecule has 14 heavy (non-hydrogen) atoms. The molecular weight excluding hydrogens is 182 g/mol. The average molecular weight is 192 g/mol. The highest BCUT2D eigenvalue weighted by atomic mass is 19.1. The van der Waals surface area contributed by atoms with E-state index in [-0.39, 0.29) is 6.42 Å². The zero-order valence-electron chi connectivity index (χ0n) is 7.58. The third-order valence-corrected chi connectivity index (χ3v) is 2.32. The fourth-order valence-electron chi connectivity index (χ4n) is 1.58. The van der Waals surface area contributed by atoms with Gasteiger partial charge in [-0.25, -0.2) is 8.78 Å². The molecule has 0 heterocycles. The van der Waals surface area contributed by atoms with E-state index in [9.17, 15) is 8.78 Å². The van der Waals surface area contributed by atoms with Crippen LogP contribution in [0.25, 0.3) is 0 Å². The van der Waals surface area contributed by atoms with Crippen molar-refractivity contribution in [2.45, 2.75) is 12.1 Å². The van der Waals surface area contributed by atoms with Crippen molar-refractivity contribution in [2.24, 2.45) is 0 Å². The van der Waals surface area contributed by atoms with Crippen molar-refractivity contribution < 1.29 is 8.78 Å². The van der Waals surface area contributed by atoms with E-state index in [0.717, 1.165) is 0 Å². The Morgan fingerprint density at radius 2 is 1.86 bits per heavy atom. The van der Waals surface area contributed by atoms with E-state index in [1.54, 1.807) is 24.3 Å². The normalized spacial score (nSPS) is 26.0. The minimum atomic E-state index is -1.68. The molecule has 0 bridgehead atoms. The number of hydrogen-bond donors (Lipinski definition) is 0. The van der Waals surface area contributed by atoms with Crippen molar-refractivity contribution >= 4 is 0 Å². The highest BCUT2D eigenvalue weighted by Crippen LogP contribution is 2.37. The van der Waals surface area contributed by atoms with Crippen LogP contribution in [0.4, 0.5) is 8.78 Å². The largest absolute Gasteiger partial charge is 0.234 e. The highest BCUT2D eigenvalue weighted by molar-refractivity contribution is 5.33.